The van der Waals surface area contributed by atoms with E-state index in [4.69, 9.17) is 0 Å². The van der Waals surface area contributed by atoms with Crippen LogP contribution in [0, 0.1) is 18.6 Å². The van der Waals surface area contributed by atoms with Crippen molar-refractivity contribution in [2.24, 2.45) is 0 Å². The van der Waals surface area contributed by atoms with Gasteiger partial charge in [0, 0.05) is 11.6 Å². The Kier molecular flexibility index (Phi) is 3.96. The van der Waals surface area contributed by atoms with Crippen molar-refractivity contribution >= 4 is 28.5 Å². The summed E-state index contributed by atoms with van der Waals surface area (Å²) in [5.74, 6) is -1.98. The third-order valence-electron chi connectivity index (χ3n) is 2.16. The van der Waals surface area contributed by atoms with Crippen LogP contribution >= 0.6 is 11.3 Å². The lowest BCUT2D eigenvalue weighted by atomic mass is 10.2. The van der Waals surface area contributed by atoms with E-state index in [1.807, 2.05) is 0 Å². The molecule has 0 bridgehead atoms. The van der Waals surface area contributed by atoms with Crippen LogP contribution in [0.15, 0.2) is 24.3 Å². The second-order valence-electron chi connectivity index (χ2n) is 3.58. The highest BCUT2D eigenvalue weighted by atomic mass is 32.1. The maximum absolute atomic E-state index is 13.3. The number of aromatic nitrogens is 2. The first-order valence-electron chi connectivity index (χ1n) is 5.29. The number of halogens is 2. The van der Waals surface area contributed by atoms with Crippen LogP contribution in [0.25, 0.3) is 6.08 Å². The largest absolute Gasteiger partial charge is 0.297 e. The lowest BCUT2D eigenvalue weighted by Gasteiger charge is -1.98. The molecule has 1 N–H and O–H groups in total. The number of rotatable bonds is 3. The quantitative estimate of drug-likeness (QED) is 0.880. The third kappa shape index (κ3) is 3.41. The molecular weight excluding hydrogens is 272 g/mol. The zero-order chi connectivity index (χ0) is 13.8. The molecule has 2 aromatic rings. The molecule has 1 aromatic carbocycles. The third-order valence-corrected chi connectivity index (χ3v) is 2.91. The van der Waals surface area contributed by atoms with Crippen LogP contribution in [0.3, 0.4) is 0 Å². The normalized spacial score (nSPS) is 10.9. The minimum absolute atomic E-state index is 0.258. The van der Waals surface area contributed by atoms with Gasteiger partial charge in [-0.05, 0) is 25.1 Å². The average Bonchev–Trinajstić information content (AvgIpc) is 2.74. The molecule has 0 fully saturated rings. The van der Waals surface area contributed by atoms with Crippen LogP contribution in [0.4, 0.5) is 13.9 Å². The van der Waals surface area contributed by atoms with Crippen LogP contribution in [0.2, 0.25) is 0 Å². The minimum atomic E-state index is -0.726. The summed E-state index contributed by atoms with van der Waals surface area (Å²) in [4.78, 5) is 11.5. The predicted molar refractivity (Wildman–Crippen MR) is 68.7 cm³/mol. The Morgan fingerprint density at radius 2 is 2.00 bits per heavy atom. The van der Waals surface area contributed by atoms with Gasteiger partial charge in [-0.1, -0.05) is 17.4 Å². The van der Waals surface area contributed by atoms with Gasteiger partial charge in [0.2, 0.25) is 11.0 Å². The van der Waals surface area contributed by atoms with E-state index in [1.165, 1.54) is 17.4 Å². The SMILES string of the molecule is Cc1nnc(NC(=O)/C=C/c2c(F)cccc2F)s1. The first kappa shape index (κ1) is 13.3. The van der Waals surface area contributed by atoms with Gasteiger partial charge in [0.25, 0.3) is 0 Å². The molecule has 19 heavy (non-hydrogen) atoms. The molecule has 0 saturated carbocycles. The van der Waals surface area contributed by atoms with Crippen molar-refractivity contribution in [3.05, 3.63) is 46.5 Å². The Bertz CT molecular complexity index is 619. The summed E-state index contributed by atoms with van der Waals surface area (Å²) in [6, 6.07) is 3.50. The molecule has 1 heterocycles. The molecule has 0 aliphatic carbocycles. The van der Waals surface area contributed by atoms with Crippen LogP contribution in [-0.2, 0) is 4.79 Å². The maximum Gasteiger partial charge on any atom is 0.250 e. The highest BCUT2D eigenvalue weighted by molar-refractivity contribution is 7.15. The number of amides is 1. The van der Waals surface area contributed by atoms with E-state index in [-0.39, 0.29) is 5.56 Å². The fourth-order valence-corrected chi connectivity index (χ4v) is 1.92. The van der Waals surface area contributed by atoms with Gasteiger partial charge in [0.15, 0.2) is 0 Å². The smallest absolute Gasteiger partial charge is 0.250 e. The van der Waals surface area contributed by atoms with E-state index in [9.17, 15) is 13.6 Å². The van der Waals surface area contributed by atoms with Crippen LogP contribution in [-0.4, -0.2) is 16.1 Å². The van der Waals surface area contributed by atoms with Gasteiger partial charge in [-0.25, -0.2) is 8.78 Å². The molecule has 0 unspecified atom stereocenters. The lowest BCUT2D eigenvalue weighted by molar-refractivity contribution is -0.111. The monoisotopic (exact) mass is 281 g/mol. The van der Waals surface area contributed by atoms with Crippen LogP contribution in [0.5, 0.6) is 0 Å². The molecular formula is C12H9F2N3OS. The molecule has 1 aromatic heterocycles. The fraction of sp³-hybridized carbons (Fsp3) is 0.0833. The number of benzene rings is 1. The zero-order valence-corrected chi connectivity index (χ0v) is 10.7. The summed E-state index contributed by atoms with van der Waals surface area (Å²) in [7, 11) is 0. The van der Waals surface area contributed by atoms with E-state index in [1.54, 1.807) is 6.92 Å². The van der Waals surface area contributed by atoms with E-state index in [2.05, 4.69) is 15.5 Å². The second kappa shape index (κ2) is 5.66. The molecule has 2 rings (SSSR count). The van der Waals surface area contributed by atoms with Gasteiger partial charge >= 0.3 is 0 Å². The van der Waals surface area contributed by atoms with Crippen molar-refractivity contribution < 1.29 is 13.6 Å². The van der Waals surface area contributed by atoms with Crippen LogP contribution < -0.4 is 5.32 Å². The number of hydrogen-bond acceptors (Lipinski definition) is 4. The van der Waals surface area contributed by atoms with E-state index < -0.39 is 17.5 Å². The van der Waals surface area contributed by atoms with Crippen molar-refractivity contribution in [1.82, 2.24) is 10.2 Å². The number of hydrogen-bond donors (Lipinski definition) is 1. The second-order valence-corrected chi connectivity index (χ2v) is 4.77. The van der Waals surface area contributed by atoms with Crippen molar-refractivity contribution in [3.8, 4) is 0 Å². The summed E-state index contributed by atoms with van der Waals surface area (Å²) in [5, 5.41) is 10.9. The molecule has 7 heteroatoms. The standard InChI is InChI=1S/C12H9F2N3OS/c1-7-16-17-12(19-7)15-11(18)6-5-8-9(13)3-2-4-10(8)14/h2-6H,1H3,(H,15,17,18)/b6-5+. The number of carbonyl (C=O) groups is 1. The Morgan fingerprint density at radius 1 is 1.32 bits per heavy atom. The number of anilines is 1. The summed E-state index contributed by atoms with van der Waals surface area (Å²) in [5.41, 5.74) is -0.258. The number of carbonyl (C=O) groups excluding carboxylic acids is 1. The molecule has 0 radical (unpaired) electrons. The lowest BCUT2D eigenvalue weighted by Crippen LogP contribution is -2.07. The molecule has 0 aliphatic heterocycles. The van der Waals surface area contributed by atoms with Crippen LogP contribution in [0.1, 0.15) is 10.6 Å². The molecule has 1 amide bonds. The topological polar surface area (TPSA) is 54.9 Å². The summed E-state index contributed by atoms with van der Waals surface area (Å²) in [6.45, 7) is 1.75. The van der Waals surface area contributed by atoms with Gasteiger partial charge in [-0.3, -0.25) is 10.1 Å². The van der Waals surface area contributed by atoms with Gasteiger partial charge < -0.3 is 0 Å². The highest BCUT2D eigenvalue weighted by Gasteiger charge is 2.06. The Morgan fingerprint density at radius 3 is 2.58 bits per heavy atom. The first-order chi connectivity index (χ1) is 9.06. The number of nitrogens with one attached hydrogen (secondary N) is 1. The summed E-state index contributed by atoms with van der Waals surface area (Å²) < 4.78 is 26.6. The van der Waals surface area contributed by atoms with Gasteiger partial charge in [-0.2, -0.15) is 0 Å². The molecule has 0 atom stereocenters. The molecule has 0 spiro atoms. The molecule has 4 nitrogen and oxygen atoms in total. The predicted octanol–water partition coefficient (Wildman–Crippen LogP) is 2.78. The average molecular weight is 281 g/mol. The van der Waals surface area contributed by atoms with E-state index in [0.29, 0.717) is 10.1 Å². The van der Waals surface area contributed by atoms with Crippen molar-refractivity contribution in [3.63, 3.8) is 0 Å². The minimum Gasteiger partial charge on any atom is -0.297 e. The van der Waals surface area contributed by atoms with Gasteiger partial charge in [-0.15, -0.1) is 10.2 Å². The first-order valence-corrected chi connectivity index (χ1v) is 6.11. The number of nitrogens with zero attached hydrogens (tertiary/aromatic N) is 2. The van der Waals surface area contributed by atoms with Gasteiger partial charge in [0.05, 0.1) is 0 Å². The summed E-state index contributed by atoms with van der Waals surface area (Å²) in [6.07, 6.45) is 2.12. The fourth-order valence-electron chi connectivity index (χ4n) is 1.32. The molecule has 0 saturated heterocycles. The maximum atomic E-state index is 13.3. The van der Waals surface area contributed by atoms with Crippen molar-refractivity contribution in [1.29, 1.82) is 0 Å². The summed E-state index contributed by atoms with van der Waals surface area (Å²) >= 11 is 1.21. The number of aryl methyl sites for hydroxylation is 1. The molecule has 0 aliphatic rings. The Balaban J connectivity index is 2.08. The van der Waals surface area contributed by atoms with E-state index in [0.717, 1.165) is 24.3 Å². The molecule has 98 valence electrons. The van der Waals surface area contributed by atoms with Crippen molar-refractivity contribution in [2.45, 2.75) is 6.92 Å². The van der Waals surface area contributed by atoms with E-state index >= 15 is 0 Å². The Hall–Kier alpha value is -2.15. The highest BCUT2D eigenvalue weighted by Crippen LogP contribution is 2.15. The zero-order valence-electron chi connectivity index (χ0n) is 9.85. The van der Waals surface area contributed by atoms with Gasteiger partial charge in [0.1, 0.15) is 16.6 Å². The van der Waals surface area contributed by atoms with Crippen molar-refractivity contribution in [2.75, 3.05) is 5.32 Å². The Labute approximate surface area is 111 Å².